The Bertz CT molecular complexity index is 531. The molecular formula is C11H12N4O2. The van der Waals surface area contributed by atoms with Gasteiger partial charge in [0, 0.05) is 11.8 Å². The van der Waals surface area contributed by atoms with Gasteiger partial charge in [0.1, 0.15) is 17.8 Å². The van der Waals surface area contributed by atoms with Crippen LogP contribution in [-0.4, -0.2) is 29.2 Å². The molecule has 6 nitrogen and oxygen atoms in total. The maximum atomic E-state index is 5.71. The van der Waals surface area contributed by atoms with E-state index in [1.807, 2.05) is 0 Å². The average Bonchev–Trinajstić information content (AvgIpc) is 2.38. The summed E-state index contributed by atoms with van der Waals surface area (Å²) >= 11 is 0. The van der Waals surface area contributed by atoms with E-state index in [2.05, 4.69) is 15.0 Å². The molecular weight excluding hydrogens is 220 g/mol. The Morgan fingerprint density at radius 2 is 1.94 bits per heavy atom. The summed E-state index contributed by atoms with van der Waals surface area (Å²) in [5.74, 6) is 1.37. The van der Waals surface area contributed by atoms with Gasteiger partial charge in [0.15, 0.2) is 11.6 Å². The van der Waals surface area contributed by atoms with Crippen LogP contribution in [0.5, 0.6) is 11.5 Å². The molecule has 0 unspecified atom stereocenters. The monoisotopic (exact) mass is 232 g/mol. The lowest BCUT2D eigenvalue weighted by molar-refractivity contribution is 0.411. The standard InChI is InChI=1S/C11H12N4O2/c1-16-8-3-7(4-13-5-8)9-10(17-2)11(12)15-6-14-9/h3-6H,1-2H3,(H2,12,14,15). The molecule has 0 radical (unpaired) electrons. The number of hydrogen-bond acceptors (Lipinski definition) is 6. The van der Waals surface area contributed by atoms with Crippen LogP contribution in [0.1, 0.15) is 0 Å². The number of aromatic nitrogens is 3. The third-order valence-electron chi connectivity index (χ3n) is 2.26. The summed E-state index contributed by atoms with van der Waals surface area (Å²) in [6.45, 7) is 0. The van der Waals surface area contributed by atoms with Crippen LogP contribution in [0.4, 0.5) is 5.82 Å². The van der Waals surface area contributed by atoms with Crippen LogP contribution in [0.3, 0.4) is 0 Å². The van der Waals surface area contributed by atoms with E-state index in [-0.39, 0.29) is 0 Å². The van der Waals surface area contributed by atoms with Crippen LogP contribution in [0.2, 0.25) is 0 Å². The van der Waals surface area contributed by atoms with Gasteiger partial charge in [-0.2, -0.15) is 0 Å². The van der Waals surface area contributed by atoms with E-state index in [9.17, 15) is 0 Å². The number of ether oxygens (including phenoxy) is 2. The van der Waals surface area contributed by atoms with E-state index in [4.69, 9.17) is 15.2 Å². The van der Waals surface area contributed by atoms with E-state index in [1.165, 1.54) is 13.4 Å². The van der Waals surface area contributed by atoms with Crippen LogP contribution < -0.4 is 15.2 Å². The molecule has 2 N–H and O–H groups in total. The normalized spacial score (nSPS) is 10.0. The van der Waals surface area contributed by atoms with Crippen molar-refractivity contribution in [3.05, 3.63) is 24.8 Å². The summed E-state index contributed by atoms with van der Waals surface area (Å²) in [5.41, 5.74) is 7.06. The summed E-state index contributed by atoms with van der Waals surface area (Å²) in [6, 6.07) is 1.80. The Hall–Kier alpha value is -2.37. The molecule has 2 aromatic rings. The Labute approximate surface area is 98.4 Å². The van der Waals surface area contributed by atoms with Gasteiger partial charge >= 0.3 is 0 Å². The molecule has 0 spiro atoms. The topological polar surface area (TPSA) is 83.2 Å². The van der Waals surface area contributed by atoms with Crippen molar-refractivity contribution in [3.63, 3.8) is 0 Å². The van der Waals surface area contributed by atoms with Gasteiger partial charge in [-0.1, -0.05) is 0 Å². The van der Waals surface area contributed by atoms with E-state index >= 15 is 0 Å². The first kappa shape index (κ1) is 11.1. The Kier molecular flexibility index (Phi) is 3.04. The zero-order valence-corrected chi connectivity index (χ0v) is 9.54. The van der Waals surface area contributed by atoms with Gasteiger partial charge in [-0.3, -0.25) is 4.98 Å². The average molecular weight is 232 g/mol. The van der Waals surface area contributed by atoms with E-state index in [0.717, 1.165) is 5.56 Å². The highest BCUT2D eigenvalue weighted by atomic mass is 16.5. The van der Waals surface area contributed by atoms with Crippen LogP contribution >= 0.6 is 0 Å². The van der Waals surface area contributed by atoms with E-state index < -0.39 is 0 Å². The maximum absolute atomic E-state index is 5.71. The minimum Gasteiger partial charge on any atom is -0.495 e. The first-order valence-corrected chi connectivity index (χ1v) is 4.90. The van der Waals surface area contributed by atoms with Crippen molar-refractivity contribution in [1.82, 2.24) is 15.0 Å². The second kappa shape index (κ2) is 4.65. The number of hydrogen-bond donors (Lipinski definition) is 1. The molecule has 17 heavy (non-hydrogen) atoms. The Morgan fingerprint density at radius 3 is 2.65 bits per heavy atom. The molecule has 88 valence electrons. The fourth-order valence-corrected chi connectivity index (χ4v) is 1.45. The SMILES string of the molecule is COc1cncc(-c2ncnc(N)c2OC)c1. The highest BCUT2D eigenvalue weighted by Crippen LogP contribution is 2.31. The minimum absolute atomic E-state index is 0.292. The molecule has 2 aromatic heterocycles. The Balaban J connectivity index is 2.55. The summed E-state index contributed by atoms with van der Waals surface area (Å²) in [5, 5.41) is 0. The molecule has 0 amide bonds. The van der Waals surface area contributed by atoms with E-state index in [0.29, 0.717) is 23.0 Å². The molecule has 0 aromatic carbocycles. The summed E-state index contributed by atoms with van der Waals surface area (Å²) in [7, 11) is 3.10. The predicted octanol–water partition coefficient (Wildman–Crippen LogP) is 1.14. The van der Waals surface area contributed by atoms with Crippen molar-refractivity contribution in [3.8, 4) is 22.8 Å². The molecule has 6 heteroatoms. The largest absolute Gasteiger partial charge is 0.495 e. The number of nitrogens with two attached hydrogens (primary N) is 1. The van der Waals surface area contributed by atoms with E-state index in [1.54, 1.807) is 25.6 Å². The molecule has 0 atom stereocenters. The zero-order chi connectivity index (χ0) is 12.3. The molecule has 0 aliphatic carbocycles. The van der Waals surface area contributed by atoms with Gasteiger partial charge in [-0.15, -0.1) is 0 Å². The summed E-state index contributed by atoms with van der Waals surface area (Å²) < 4.78 is 10.3. The molecule has 0 saturated carbocycles. The molecule has 0 bridgehead atoms. The van der Waals surface area contributed by atoms with Gasteiger partial charge in [-0.25, -0.2) is 9.97 Å². The van der Waals surface area contributed by atoms with Crippen LogP contribution in [0.25, 0.3) is 11.3 Å². The first-order valence-electron chi connectivity index (χ1n) is 4.90. The number of nitrogens with zero attached hydrogens (tertiary/aromatic N) is 3. The fourth-order valence-electron chi connectivity index (χ4n) is 1.45. The number of nitrogen functional groups attached to an aromatic ring is 1. The third kappa shape index (κ3) is 2.10. The van der Waals surface area contributed by atoms with Crippen LogP contribution in [-0.2, 0) is 0 Å². The van der Waals surface area contributed by atoms with Gasteiger partial charge in [0.25, 0.3) is 0 Å². The Morgan fingerprint density at radius 1 is 1.12 bits per heavy atom. The van der Waals surface area contributed by atoms with Crippen molar-refractivity contribution in [2.45, 2.75) is 0 Å². The first-order chi connectivity index (χ1) is 8.26. The fraction of sp³-hybridized carbons (Fsp3) is 0.182. The van der Waals surface area contributed by atoms with Crippen molar-refractivity contribution >= 4 is 5.82 Å². The maximum Gasteiger partial charge on any atom is 0.187 e. The highest BCUT2D eigenvalue weighted by molar-refractivity contribution is 5.71. The lowest BCUT2D eigenvalue weighted by Crippen LogP contribution is -2.00. The second-order valence-electron chi connectivity index (χ2n) is 3.25. The highest BCUT2D eigenvalue weighted by Gasteiger charge is 2.12. The minimum atomic E-state index is 0.292. The van der Waals surface area contributed by atoms with Crippen LogP contribution in [0, 0.1) is 0 Å². The second-order valence-corrected chi connectivity index (χ2v) is 3.25. The van der Waals surface area contributed by atoms with Gasteiger partial charge < -0.3 is 15.2 Å². The quantitative estimate of drug-likeness (QED) is 0.854. The van der Waals surface area contributed by atoms with Gasteiger partial charge in [-0.05, 0) is 6.07 Å². The van der Waals surface area contributed by atoms with Crippen LogP contribution in [0.15, 0.2) is 24.8 Å². The van der Waals surface area contributed by atoms with Crippen molar-refractivity contribution in [1.29, 1.82) is 0 Å². The van der Waals surface area contributed by atoms with Gasteiger partial charge in [0.2, 0.25) is 0 Å². The molecule has 2 rings (SSSR count). The number of anilines is 1. The number of pyridine rings is 1. The van der Waals surface area contributed by atoms with Crippen molar-refractivity contribution in [2.24, 2.45) is 0 Å². The van der Waals surface area contributed by atoms with Gasteiger partial charge in [0.05, 0.1) is 20.4 Å². The lowest BCUT2D eigenvalue weighted by atomic mass is 10.2. The zero-order valence-electron chi connectivity index (χ0n) is 9.54. The predicted molar refractivity (Wildman–Crippen MR) is 62.8 cm³/mol. The smallest absolute Gasteiger partial charge is 0.187 e. The molecule has 0 aliphatic rings. The van der Waals surface area contributed by atoms with Crippen molar-refractivity contribution < 1.29 is 9.47 Å². The lowest BCUT2D eigenvalue weighted by Gasteiger charge is -2.09. The molecule has 0 aliphatic heterocycles. The summed E-state index contributed by atoms with van der Waals surface area (Å²) in [6.07, 6.45) is 4.65. The summed E-state index contributed by atoms with van der Waals surface area (Å²) in [4.78, 5) is 12.1. The molecule has 2 heterocycles. The van der Waals surface area contributed by atoms with Crippen molar-refractivity contribution in [2.75, 3.05) is 20.0 Å². The molecule has 0 fully saturated rings. The number of rotatable bonds is 3. The number of methoxy groups -OCH3 is 2. The third-order valence-corrected chi connectivity index (χ3v) is 2.26. The molecule has 0 saturated heterocycles.